The molecule has 23 heavy (non-hydrogen) atoms. The first-order valence-corrected chi connectivity index (χ1v) is 8.00. The lowest BCUT2D eigenvalue weighted by Gasteiger charge is -2.18. The molecule has 4 heteroatoms. The number of anilines is 1. The monoisotopic (exact) mass is 312 g/mol. The first-order valence-electron chi connectivity index (χ1n) is 8.00. The molecule has 1 N–H and O–H groups in total. The lowest BCUT2D eigenvalue weighted by molar-refractivity contribution is 0.0939. The van der Waals surface area contributed by atoms with E-state index in [1.165, 1.54) is 6.07 Å². The molecular weight excluding hydrogens is 291 g/mol. The van der Waals surface area contributed by atoms with Crippen LogP contribution >= 0.6 is 0 Å². The second-order valence-corrected chi connectivity index (χ2v) is 6.10. The number of hydrogen-bond donors (Lipinski definition) is 1. The number of fused-ring (bicyclic) bond motifs is 1. The zero-order valence-electron chi connectivity index (χ0n) is 13.5. The summed E-state index contributed by atoms with van der Waals surface area (Å²) in [5.41, 5.74) is 3.90. The smallest absolute Gasteiger partial charge is 0.251 e. The number of rotatable bonds is 4. The molecule has 0 bridgehead atoms. The lowest BCUT2D eigenvalue weighted by atomic mass is 10.1. The molecule has 3 nitrogen and oxygen atoms in total. The van der Waals surface area contributed by atoms with Gasteiger partial charge in [0.2, 0.25) is 0 Å². The third kappa shape index (κ3) is 3.36. The summed E-state index contributed by atoms with van der Waals surface area (Å²) < 4.78 is 13.3. The molecule has 2 aromatic carbocycles. The fraction of sp³-hybridized carbons (Fsp3) is 0.316. The number of amides is 1. The Bertz CT molecular complexity index is 712. The molecule has 0 saturated carbocycles. The van der Waals surface area contributed by atoms with Gasteiger partial charge in [-0.2, -0.15) is 0 Å². The van der Waals surface area contributed by atoms with Gasteiger partial charge in [0.05, 0.1) is 0 Å². The Morgan fingerprint density at radius 1 is 1.17 bits per heavy atom. The predicted octanol–water partition coefficient (Wildman–Crippen LogP) is 3.87. The highest BCUT2D eigenvalue weighted by Gasteiger charge is 2.20. The molecule has 0 unspecified atom stereocenters. The van der Waals surface area contributed by atoms with Crippen molar-refractivity contribution in [1.82, 2.24) is 5.32 Å². The predicted molar refractivity (Wildman–Crippen MR) is 89.9 cm³/mol. The molecule has 1 heterocycles. The minimum atomic E-state index is -0.192. The molecule has 0 fully saturated rings. The largest absolute Gasteiger partial charge is 0.363 e. The van der Waals surface area contributed by atoms with Crippen molar-refractivity contribution in [2.75, 3.05) is 4.90 Å². The third-order valence-electron chi connectivity index (χ3n) is 4.38. The van der Waals surface area contributed by atoms with Gasteiger partial charge in [-0.25, -0.2) is 4.39 Å². The highest BCUT2D eigenvalue weighted by Crippen LogP contribution is 2.28. The fourth-order valence-corrected chi connectivity index (χ4v) is 2.78. The number of nitrogens with zero attached hydrogens (tertiary/aromatic N) is 1. The fourth-order valence-electron chi connectivity index (χ4n) is 2.78. The van der Waals surface area contributed by atoms with Crippen LogP contribution in [0.15, 0.2) is 42.5 Å². The van der Waals surface area contributed by atoms with Gasteiger partial charge >= 0.3 is 0 Å². The molecule has 2 aromatic rings. The lowest BCUT2D eigenvalue weighted by Crippen LogP contribution is -2.31. The molecule has 0 aliphatic carbocycles. The number of hydrogen-bond acceptors (Lipinski definition) is 2. The average molecular weight is 312 g/mol. The molecule has 1 amide bonds. The van der Waals surface area contributed by atoms with E-state index in [0.717, 1.165) is 29.8 Å². The Labute approximate surface area is 136 Å². The van der Waals surface area contributed by atoms with Crippen molar-refractivity contribution in [2.24, 2.45) is 0 Å². The Hall–Kier alpha value is -2.36. The van der Waals surface area contributed by atoms with Crippen LogP contribution in [0, 0.1) is 5.82 Å². The molecule has 1 aliphatic heterocycles. The minimum Gasteiger partial charge on any atom is -0.363 e. The van der Waals surface area contributed by atoms with Crippen molar-refractivity contribution in [1.29, 1.82) is 0 Å². The molecule has 0 spiro atoms. The van der Waals surface area contributed by atoms with E-state index in [1.54, 1.807) is 6.07 Å². The first-order chi connectivity index (χ1) is 11.1. The Morgan fingerprint density at radius 3 is 2.57 bits per heavy atom. The van der Waals surface area contributed by atoms with E-state index in [9.17, 15) is 9.18 Å². The van der Waals surface area contributed by atoms with Crippen LogP contribution in [0.1, 0.15) is 41.8 Å². The van der Waals surface area contributed by atoms with Crippen molar-refractivity contribution in [2.45, 2.75) is 39.4 Å². The first kappa shape index (κ1) is 15.5. The van der Waals surface area contributed by atoms with Crippen molar-refractivity contribution in [3.05, 3.63) is 65.0 Å². The number of benzene rings is 2. The van der Waals surface area contributed by atoms with E-state index in [-0.39, 0.29) is 17.8 Å². The average Bonchev–Trinajstić information content (AvgIpc) is 2.97. The number of carbonyl (C=O) groups excluding carboxylic acids is 1. The zero-order chi connectivity index (χ0) is 16.4. The topological polar surface area (TPSA) is 32.3 Å². The Kier molecular flexibility index (Phi) is 4.33. The van der Waals surface area contributed by atoms with Gasteiger partial charge in [-0.3, -0.25) is 4.79 Å². The Balaban J connectivity index is 1.70. The quantitative estimate of drug-likeness (QED) is 0.929. The molecule has 120 valence electrons. The maximum atomic E-state index is 13.3. The summed E-state index contributed by atoms with van der Waals surface area (Å²) in [5, 5.41) is 2.96. The number of halogens is 1. The second-order valence-electron chi connectivity index (χ2n) is 6.10. The highest BCUT2D eigenvalue weighted by atomic mass is 19.1. The van der Waals surface area contributed by atoms with E-state index < -0.39 is 0 Å². The van der Waals surface area contributed by atoms with Crippen LogP contribution in [0.25, 0.3) is 0 Å². The molecule has 1 atom stereocenters. The van der Waals surface area contributed by atoms with E-state index in [4.69, 9.17) is 0 Å². The van der Waals surface area contributed by atoms with Gasteiger partial charge in [0.1, 0.15) is 5.82 Å². The maximum Gasteiger partial charge on any atom is 0.251 e. The molecule has 0 aromatic heterocycles. The molecule has 3 rings (SSSR count). The van der Waals surface area contributed by atoms with E-state index in [0.29, 0.717) is 12.1 Å². The number of nitrogens with one attached hydrogen (secondary N) is 1. The van der Waals surface area contributed by atoms with Gasteiger partial charge in [0.15, 0.2) is 0 Å². The molecule has 1 aliphatic rings. The van der Waals surface area contributed by atoms with Crippen LogP contribution in [0.3, 0.4) is 0 Å². The number of carbonyl (C=O) groups is 1. The van der Waals surface area contributed by atoms with Crippen LogP contribution < -0.4 is 10.2 Å². The van der Waals surface area contributed by atoms with E-state index in [1.807, 2.05) is 44.2 Å². The van der Waals surface area contributed by atoms with Gasteiger partial charge < -0.3 is 10.2 Å². The highest BCUT2D eigenvalue weighted by molar-refractivity contribution is 5.94. The standard InChI is InChI=1S/C19H21FN2O/c1-3-13(2)21-19(23)14-5-8-18(9-6-14)22-11-15-4-7-17(20)10-16(15)12-22/h4-10,13H,3,11-12H2,1-2H3,(H,21,23)/t13-/m1/s1. The maximum absolute atomic E-state index is 13.3. The van der Waals surface area contributed by atoms with Crippen LogP contribution in [-0.2, 0) is 13.1 Å². The van der Waals surface area contributed by atoms with Crippen LogP contribution in [0.2, 0.25) is 0 Å². The Morgan fingerprint density at radius 2 is 1.87 bits per heavy atom. The van der Waals surface area contributed by atoms with Crippen LogP contribution in [0.4, 0.5) is 10.1 Å². The summed E-state index contributed by atoms with van der Waals surface area (Å²) in [6.45, 7) is 5.51. The van der Waals surface area contributed by atoms with Gasteiger partial charge in [-0.05, 0) is 60.9 Å². The summed E-state index contributed by atoms with van der Waals surface area (Å²) in [6, 6.07) is 12.7. The summed E-state index contributed by atoms with van der Waals surface area (Å²) >= 11 is 0. The second kappa shape index (κ2) is 6.41. The zero-order valence-corrected chi connectivity index (χ0v) is 13.5. The summed E-state index contributed by atoms with van der Waals surface area (Å²) in [5.74, 6) is -0.236. The molecule has 0 radical (unpaired) electrons. The van der Waals surface area contributed by atoms with Crippen molar-refractivity contribution in [3.63, 3.8) is 0 Å². The SMILES string of the molecule is CC[C@@H](C)NC(=O)c1ccc(N2Cc3ccc(F)cc3C2)cc1. The van der Waals surface area contributed by atoms with E-state index >= 15 is 0 Å². The van der Waals surface area contributed by atoms with Gasteiger partial charge in [-0.15, -0.1) is 0 Å². The van der Waals surface area contributed by atoms with Crippen LogP contribution in [-0.4, -0.2) is 11.9 Å². The third-order valence-corrected chi connectivity index (χ3v) is 4.38. The summed E-state index contributed by atoms with van der Waals surface area (Å²) in [4.78, 5) is 14.3. The summed E-state index contributed by atoms with van der Waals surface area (Å²) in [6.07, 6.45) is 0.909. The van der Waals surface area contributed by atoms with Gasteiger partial charge in [-0.1, -0.05) is 13.0 Å². The van der Waals surface area contributed by atoms with Crippen molar-refractivity contribution < 1.29 is 9.18 Å². The van der Waals surface area contributed by atoms with Gasteiger partial charge in [0, 0.05) is 30.4 Å². The normalized spacial score (nSPS) is 14.5. The summed E-state index contributed by atoms with van der Waals surface area (Å²) in [7, 11) is 0. The van der Waals surface area contributed by atoms with Crippen molar-refractivity contribution >= 4 is 11.6 Å². The van der Waals surface area contributed by atoms with Crippen LogP contribution in [0.5, 0.6) is 0 Å². The molecule has 0 saturated heterocycles. The van der Waals surface area contributed by atoms with Crippen molar-refractivity contribution in [3.8, 4) is 0 Å². The van der Waals surface area contributed by atoms with E-state index in [2.05, 4.69) is 10.2 Å². The molecular formula is C19H21FN2O. The minimum absolute atomic E-state index is 0.0438. The van der Waals surface area contributed by atoms with Gasteiger partial charge in [0.25, 0.3) is 5.91 Å².